The Morgan fingerprint density at radius 2 is 1.97 bits per heavy atom. The first-order chi connectivity index (χ1) is 14.0. The summed E-state index contributed by atoms with van der Waals surface area (Å²) in [5.74, 6) is 2.91. The summed E-state index contributed by atoms with van der Waals surface area (Å²) in [4.78, 5) is 12.6. The van der Waals surface area contributed by atoms with Crippen molar-refractivity contribution < 1.29 is 19.0 Å². The topological polar surface area (TPSA) is 56.8 Å². The molecule has 2 bridgehead atoms. The van der Waals surface area contributed by atoms with E-state index < -0.39 is 0 Å². The van der Waals surface area contributed by atoms with Crippen LogP contribution in [0.25, 0.3) is 0 Å². The van der Waals surface area contributed by atoms with Gasteiger partial charge in [0.05, 0.1) is 6.10 Å². The summed E-state index contributed by atoms with van der Waals surface area (Å²) in [6.07, 6.45) is 4.97. The quantitative estimate of drug-likeness (QED) is 0.822. The van der Waals surface area contributed by atoms with Crippen LogP contribution in [-0.2, 0) is 9.53 Å². The first-order valence-electron chi connectivity index (χ1n) is 11.3. The van der Waals surface area contributed by atoms with Gasteiger partial charge in [-0.05, 0) is 66.0 Å². The number of benzene rings is 1. The van der Waals surface area contributed by atoms with Crippen LogP contribution in [0.5, 0.6) is 11.5 Å². The van der Waals surface area contributed by atoms with Crippen LogP contribution in [0.2, 0.25) is 0 Å². The van der Waals surface area contributed by atoms with Gasteiger partial charge in [-0.2, -0.15) is 0 Å². The Bertz CT molecular complexity index is 806. The highest BCUT2D eigenvalue weighted by Crippen LogP contribution is 2.70. The average Bonchev–Trinajstić information content (AvgIpc) is 3.20. The molecule has 1 spiro atoms. The molecule has 2 aliphatic carbocycles. The highest BCUT2D eigenvalue weighted by molar-refractivity contribution is 5.76. The zero-order chi connectivity index (χ0) is 20.2. The molecule has 1 N–H and O–H groups in total. The van der Waals surface area contributed by atoms with Crippen molar-refractivity contribution in [3.05, 3.63) is 23.8 Å². The maximum absolute atomic E-state index is 12.6. The molecule has 0 radical (unpaired) electrons. The Hall–Kier alpha value is -1.75. The number of rotatable bonds is 4. The van der Waals surface area contributed by atoms with Crippen LogP contribution >= 0.6 is 0 Å². The minimum Gasteiger partial charge on any atom is -0.486 e. The molecule has 2 heterocycles. The van der Waals surface area contributed by atoms with Crippen molar-refractivity contribution in [2.24, 2.45) is 22.7 Å². The summed E-state index contributed by atoms with van der Waals surface area (Å²) >= 11 is 0. The van der Waals surface area contributed by atoms with Crippen molar-refractivity contribution in [1.82, 2.24) is 5.32 Å². The molecule has 29 heavy (non-hydrogen) atoms. The van der Waals surface area contributed by atoms with Crippen molar-refractivity contribution >= 4 is 5.91 Å². The van der Waals surface area contributed by atoms with E-state index in [-0.39, 0.29) is 28.9 Å². The van der Waals surface area contributed by atoms with Gasteiger partial charge in [0, 0.05) is 19.1 Å². The number of ether oxygens (including phenoxy) is 3. The summed E-state index contributed by atoms with van der Waals surface area (Å²) < 4.78 is 17.9. The lowest BCUT2D eigenvalue weighted by Crippen LogP contribution is -2.58. The van der Waals surface area contributed by atoms with Gasteiger partial charge in [-0.25, -0.2) is 0 Å². The van der Waals surface area contributed by atoms with E-state index in [0.717, 1.165) is 30.9 Å². The van der Waals surface area contributed by atoms with Crippen molar-refractivity contribution in [1.29, 1.82) is 0 Å². The molecule has 1 amide bonds. The third-order valence-corrected chi connectivity index (χ3v) is 8.18. The van der Waals surface area contributed by atoms with Crippen LogP contribution in [0, 0.1) is 22.7 Å². The van der Waals surface area contributed by atoms with Gasteiger partial charge in [-0.15, -0.1) is 0 Å². The minimum absolute atomic E-state index is 0.0613. The standard InChI is InChI=1S/C24H33NO4/c1-4-5-20(26)25-22-23(2,3)16-13-17-21(29-9-8-24(17,22)14-16)15-6-7-18-19(12-15)28-11-10-27-18/h6-7,12,16-17,21-22H,4-5,8-11,13-14H2,1-3H3,(H,25,26)/t16-,17-,21-,22+,24?/m1/s1. The van der Waals surface area contributed by atoms with Gasteiger partial charge < -0.3 is 19.5 Å². The molecule has 158 valence electrons. The zero-order valence-corrected chi connectivity index (χ0v) is 17.8. The van der Waals surface area contributed by atoms with Crippen LogP contribution in [0.1, 0.15) is 64.5 Å². The van der Waals surface area contributed by atoms with E-state index in [1.54, 1.807) is 0 Å². The third kappa shape index (κ3) is 2.88. The molecule has 1 unspecified atom stereocenters. The van der Waals surface area contributed by atoms with Gasteiger partial charge in [0.2, 0.25) is 5.91 Å². The second kappa shape index (κ2) is 6.90. The lowest BCUT2D eigenvalue weighted by molar-refractivity contribution is -0.137. The number of nitrogens with one attached hydrogen (secondary N) is 1. The highest BCUT2D eigenvalue weighted by atomic mass is 16.6. The molecule has 5 nitrogen and oxygen atoms in total. The van der Waals surface area contributed by atoms with Crippen molar-refractivity contribution in [2.45, 2.75) is 65.0 Å². The fraction of sp³-hybridized carbons (Fsp3) is 0.708. The van der Waals surface area contributed by atoms with E-state index in [4.69, 9.17) is 14.2 Å². The monoisotopic (exact) mass is 399 g/mol. The zero-order valence-electron chi connectivity index (χ0n) is 17.8. The minimum atomic E-state index is 0.0613. The fourth-order valence-electron chi connectivity index (χ4n) is 6.81. The number of carbonyl (C=O) groups excluding carboxylic acids is 1. The van der Waals surface area contributed by atoms with Gasteiger partial charge >= 0.3 is 0 Å². The van der Waals surface area contributed by atoms with Crippen LogP contribution < -0.4 is 14.8 Å². The van der Waals surface area contributed by atoms with Gasteiger partial charge in [-0.3, -0.25) is 4.79 Å². The molecular weight excluding hydrogens is 366 g/mol. The maximum Gasteiger partial charge on any atom is 0.220 e. The van der Waals surface area contributed by atoms with E-state index in [0.29, 0.717) is 31.5 Å². The molecule has 5 atom stereocenters. The number of amides is 1. The van der Waals surface area contributed by atoms with E-state index in [1.165, 1.54) is 18.4 Å². The summed E-state index contributed by atoms with van der Waals surface area (Å²) in [6.45, 7) is 8.73. The Morgan fingerprint density at radius 1 is 1.17 bits per heavy atom. The smallest absolute Gasteiger partial charge is 0.220 e. The van der Waals surface area contributed by atoms with Gasteiger partial charge in [0.15, 0.2) is 11.5 Å². The number of hydrogen-bond donors (Lipinski definition) is 1. The second-order valence-corrected chi connectivity index (χ2v) is 9.99. The molecule has 4 aliphatic rings. The highest BCUT2D eigenvalue weighted by Gasteiger charge is 2.68. The predicted molar refractivity (Wildman–Crippen MR) is 110 cm³/mol. The van der Waals surface area contributed by atoms with Gasteiger partial charge in [0.1, 0.15) is 13.2 Å². The SMILES string of the molecule is CCCC(=O)N[C@H]1C(C)(C)[C@@H]2C[C@@H]3[C@@H](c4ccc5c(c4)OCCO5)OCCC31C2. The molecule has 0 aromatic heterocycles. The van der Waals surface area contributed by atoms with Crippen molar-refractivity contribution in [3.8, 4) is 11.5 Å². The predicted octanol–water partition coefficient (Wildman–Crippen LogP) is 4.26. The lowest BCUT2D eigenvalue weighted by Gasteiger charge is -2.53. The van der Waals surface area contributed by atoms with Crippen LogP contribution in [0.3, 0.4) is 0 Å². The number of carbonyl (C=O) groups is 1. The Balaban J connectivity index is 1.46. The van der Waals surface area contributed by atoms with Crippen LogP contribution in [0.15, 0.2) is 18.2 Å². The number of hydrogen-bond acceptors (Lipinski definition) is 4. The Labute approximate surface area is 173 Å². The van der Waals surface area contributed by atoms with E-state index in [2.05, 4.69) is 38.2 Å². The Morgan fingerprint density at radius 3 is 2.76 bits per heavy atom. The number of fused-ring (bicyclic) bond motifs is 2. The maximum atomic E-state index is 12.6. The summed E-state index contributed by atoms with van der Waals surface area (Å²) in [5, 5.41) is 3.47. The molecule has 2 aliphatic heterocycles. The normalized spacial score (nSPS) is 36.5. The molecule has 5 rings (SSSR count). The first kappa shape index (κ1) is 19.2. The van der Waals surface area contributed by atoms with E-state index in [9.17, 15) is 4.79 Å². The van der Waals surface area contributed by atoms with Crippen molar-refractivity contribution in [2.75, 3.05) is 19.8 Å². The Kier molecular flexibility index (Phi) is 4.57. The molecule has 2 saturated carbocycles. The lowest BCUT2D eigenvalue weighted by atomic mass is 9.59. The fourth-order valence-corrected chi connectivity index (χ4v) is 6.81. The third-order valence-electron chi connectivity index (χ3n) is 8.18. The van der Waals surface area contributed by atoms with Gasteiger partial charge in [0.25, 0.3) is 0 Å². The van der Waals surface area contributed by atoms with Gasteiger partial charge in [-0.1, -0.05) is 26.8 Å². The molecule has 1 aromatic rings. The molecule has 3 fully saturated rings. The summed E-state index contributed by atoms with van der Waals surface area (Å²) in [7, 11) is 0. The van der Waals surface area contributed by atoms with Crippen LogP contribution in [-0.4, -0.2) is 31.8 Å². The molecule has 1 aromatic carbocycles. The molecular formula is C24H33NO4. The average molecular weight is 400 g/mol. The molecule has 1 saturated heterocycles. The van der Waals surface area contributed by atoms with E-state index in [1.807, 2.05) is 6.07 Å². The second-order valence-electron chi connectivity index (χ2n) is 9.99. The van der Waals surface area contributed by atoms with Crippen LogP contribution in [0.4, 0.5) is 0 Å². The first-order valence-corrected chi connectivity index (χ1v) is 11.3. The largest absolute Gasteiger partial charge is 0.486 e. The van der Waals surface area contributed by atoms with E-state index >= 15 is 0 Å². The molecule has 5 heteroatoms. The summed E-state index contributed by atoms with van der Waals surface area (Å²) in [5.41, 5.74) is 1.45. The summed E-state index contributed by atoms with van der Waals surface area (Å²) in [6, 6.07) is 6.49. The van der Waals surface area contributed by atoms with Crippen molar-refractivity contribution in [3.63, 3.8) is 0 Å².